The van der Waals surface area contributed by atoms with E-state index in [2.05, 4.69) is 5.32 Å². The van der Waals surface area contributed by atoms with Crippen molar-refractivity contribution in [2.75, 3.05) is 0 Å². The Balaban J connectivity index is 1.82. The summed E-state index contributed by atoms with van der Waals surface area (Å²) in [5.41, 5.74) is -0.443. The number of alkyl carbamates (subject to hydrolysis) is 1. The molecule has 0 aromatic carbocycles. The maximum atomic E-state index is 11.6. The lowest BCUT2D eigenvalue weighted by molar-refractivity contribution is 0.0450. The number of rotatable bonds is 1. The molecule has 0 spiro atoms. The summed E-state index contributed by atoms with van der Waals surface area (Å²) < 4.78 is 5.22. The van der Waals surface area contributed by atoms with E-state index in [0.29, 0.717) is 11.8 Å². The summed E-state index contributed by atoms with van der Waals surface area (Å²) >= 11 is 0. The smallest absolute Gasteiger partial charge is 0.407 e. The van der Waals surface area contributed by atoms with E-state index < -0.39 is 5.60 Å². The predicted octanol–water partition coefficient (Wildman–Crippen LogP) is 1.67. The SMILES string of the molecule is CC(C)(C)OC(=O)NC1CC2CC1CC2O. The van der Waals surface area contributed by atoms with E-state index in [4.69, 9.17) is 4.74 Å². The first-order valence-corrected chi connectivity index (χ1v) is 6.03. The molecule has 4 atom stereocenters. The number of hydrogen-bond acceptors (Lipinski definition) is 3. The molecule has 2 rings (SSSR count). The highest BCUT2D eigenvalue weighted by atomic mass is 16.6. The van der Waals surface area contributed by atoms with Gasteiger partial charge in [0.25, 0.3) is 0 Å². The van der Waals surface area contributed by atoms with Crippen molar-refractivity contribution in [1.29, 1.82) is 0 Å². The molecule has 2 aliphatic rings. The van der Waals surface area contributed by atoms with Crippen molar-refractivity contribution < 1.29 is 14.6 Å². The van der Waals surface area contributed by atoms with Crippen LogP contribution < -0.4 is 5.32 Å². The van der Waals surface area contributed by atoms with Crippen molar-refractivity contribution >= 4 is 6.09 Å². The molecule has 92 valence electrons. The van der Waals surface area contributed by atoms with Crippen LogP contribution in [0.15, 0.2) is 0 Å². The monoisotopic (exact) mass is 227 g/mol. The number of nitrogens with one attached hydrogen (secondary N) is 1. The number of hydrogen-bond donors (Lipinski definition) is 2. The van der Waals surface area contributed by atoms with E-state index in [1.165, 1.54) is 0 Å². The van der Waals surface area contributed by atoms with E-state index in [1.807, 2.05) is 20.8 Å². The van der Waals surface area contributed by atoms with Crippen LogP contribution in [-0.2, 0) is 4.74 Å². The molecule has 2 N–H and O–H groups in total. The summed E-state index contributed by atoms with van der Waals surface area (Å²) in [4.78, 5) is 11.6. The first kappa shape index (κ1) is 11.7. The molecule has 4 nitrogen and oxygen atoms in total. The Morgan fingerprint density at radius 2 is 1.94 bits per heavy atom. The maximum absolute atomic E-state index is 11.6. The average Bonchev–Trinajstić information content (AvgIpc) is 2.58. The third-order valence-corrected chi connectivity index (χ3v) is 3.52. The van der Waals surface area contributed by atoms with E-state index >= 15 is 0 Å². The normalized spacial score (nSPS) is 37.5. The second kappa shape index (κ2) is 3.91. The summed E-state index contributed by atoms with van der Waals surface area (Å²) in [6.45, 7) is 5.57. The minimum Gasteiger partial charge on any atom is -0.444 e. The van der Waals surface area contributed by atoms with Crippen molar-refractivity contribution in [1.82, 2.24) is 5.32 Å². The summed E-state index contributed by atoms with van der Waals surface area (Å²) in [6.07, 6.45) is 2.28. The summed E-state index contributed by atoms with van der Waals surface area (Å²) in [5, 5.41) is 12.5. The van der Waals surface area contributed by atoms with Crippen LogP contribution in [0.4, 0.5) is 4.79 Å². The Hall–Kier alpha value is -0.770. The second-order valence-corrected chi connectivity index (χ2v) is 6.05. The Morgan fingerprint density at radius 1 is 1.25 bits per heavy atom. The van der Waals surface area contributed by atoms with Gasteiger partial charge in [0, 0.05) is 6.04 Å². The first-order valence-electron chi connectivity index (χ1n) is 6.03. The minimum atomic E-state index is -0.443. The highest BCUT2D eigenvalue weighted by molar-refractivity contribution is 5.68. The molecule has 2 aliphatic carbocycles. The Morgan fingerprint density at radius 3 is 2.38 bits per heavy atom. The van der Waals surface area contributed by atoms with Crippen LogP contribution in [-0.4, -0.2) is 28.9 Å². The largest absolute Gasteiger partial charge is 0.444 e. The summed E-state index contributed by atoms with van der Waals surface area (Å²) in [6, 6.07) is 0.197. The molecule has 4 unspecified atom stereocenters. The maximum Gasteiger partial charge on any atom is 0.407 e. The van der Waals surface area contributed by atoms with Crippen molar-refractivity contribution in [2.24, 2.45) is 11.8 Å². The molecule has 0 saturated heterocycles. The lowest BCUT2D eigenvalue weighted by atomic mass is 9.93. The molecule has 0 aliphatic heterocycles. The van der Waals surface area contributed by atoms with Crippen LogP contribution in [0.5, 0.6) is 0 Å². The number of carbonyl (C=O) groups is 1. The van der Waals surface area contributed by atoms with Gasteiger partial charge >= 0.3 is 6.09 Å². The Kier molecular flexibility index (Phi) is 2.86. The van der Waals surface area contributed by atoms with Crippen LogP contribution in [0.1, 0.15) is 40.0 Å². The fourth-order valence-electron chi connectivity index (χ4n) is 2.88. The zero-order valence-corrected chi connectivity index (χ0v) is 10.2. The van der Waals surface area contributed by atoms with Gasteiger partial charge in [-0.2, -0.15) is 0 Å². The number of aliphatic hydroxyl groups excluding tert-OH is 1. The van der Waals surface area contributed by atoms with Gasteiger partial charge in [-0.1, -0.05) is 0 Å². The van der Waals surface area contributed by atoms with Crippen LogP contribution in [0, 0.1) is 11.8 Å². The molecular formula is C12H21NO3. The Labute approximate surface area is 96.4 Å². The van der Waals surface area contributed by atoms with Crippen LogP contribution in [0.3, 0.4) is 0 Å². The fraction of sp³-hybridized carbons (Fsp3) is 0.917. The zero-order valence-electron chi connectivity index (χ0n) is 10.2. The molecule has 4 heteroatoms. The molecule has 2 saturated carbocycles. The number of fused-ring (bicyclic) bond motifs is 2. The minimum absolute atomic E-state index is 0.151. The van der Waals surface area contributed by atoms with E-state index in [-0.39, 0.29) is 18.2 Å². The van der Waals surface area contributed by atoms with Gasteiger partial charge in [-0.25, -0.2) is 4.79 Å². The first-order chi connectivity index (χ1) is 7.35. The van der Waals surface area contributed by atoms with E-state index in [1.54, 1.807) is 0 Å². The number of ether oxygens (including phenoxy) is 1. The molecule has 0 aromatic heterocycles. The third kappa shape index (κ3) is 2.48. The van der Waals surface area contributed by atoms with Gasteiger partial charge in [0.05, 0.1) is 6.10 Å². The molecule has 16 heavy (non-hydrogen) atoms. The van der Waals surface area contributed by atoms with Gasteiger partial charge < -0.3 is 15.2 Å². The molecular weight excluding hydrogens is 206 g/mol. The number of carbonyl (C=O) groups excluding carboxylic acids is 1. The molecule has 0 aromatic rings. The van der Waals surface area contributed by atoms with E-state index in [0.717, 1.165) is 19.3 Å². The summed E-state index contributed by atoms with van der Waals surface area (Å²) in [5.74, 6) is 0.817. The summed E-state index contributed by atoms with van der Waals surface area (Å²) in [7, 11) is 0. The lowest BCUT2D eigenvalue weighted by Gasteiger charge is -2.27. The quantitative estimate of drug-likeness (QED) is 0.716. The molecule has 2 bridgehead atoms. The van der Waals surface area contributed by atoms with Gasteiger partial charge in [0.15, 0.2) is 0 Å². The molecule has 1 amide bonds. The Bertz CT molecular complexity index is 282. The highest BCUT2D eigenvalue weighted by Crippen LogP contribution is 2.44. The van der Waals surface area contributed by atoms with Crippen LogP contribution >= 0.6 is 0 Å². The highest BCUT2D eigenvalue weighted by Gasteiger charge is 2.45. The standard InChI is InChI=1S/C12H21NO3/c1-12(2,3)16-11(15)13-9-5-8-4-7(9)6-10(8)14/h7-10,14H,4-6H2,1-3H3,(H,13,15). The van der Waals surface area contributed by atoms with Gasteiger partial charge in [-0.15, -0.1) is 0 Å². The van der Waals surface area contributed by atoms with Gasteiger partial charge in [-0.3, -0.25) is 0 Å². The number of amides is 1. The van der Waals surface area contributed by atoms with Gasteiger partial charge in [-0.05, 0) is 51.9 Å². The second-order valence-electron chi connectivity index (χ2n) is 6.05. The molecule has 0 radical (unpaired) electrons. The predicted molar refractivity (Wildman–Crippen MR) is 60.0 cm³/mol. The zero-order chi connectivity index (χ0) is 11.9. The van der Waals surface area contributed by atoms with Crippen LogP contribution in [0.25, 0.3) is 0 Å². The van der Waals surface area contributed by atoms with Gasteiger partial charge in [0.1, 0.15) is 5.60 Å². The van der Waals surface area contributed by atoms with Crippen molar-refractivity contribution in [2.45, 2.75) is 57.8 Å². The average molecular weight is 227 g/mol. The van der Waals surface area contributed by atoms with Crippen molar-refractivity contribution in [3.63, 3.8) is 0 Å². The number of aliphatic hydroxyl groups is 1. The van der Waals surface area contributed by atoms with E-state index in [9.17, 15) is 9.90 Å². The third-order valence-electron chi connectivity index (χ3n) is 3.52. The van der Waals surface area contributed by atoms with Gasteiger partial charge in [0.2, 0.25) is 0 Å². The lowest BCUT2D eigenvalue weighted by Crippen LogP contribution is -2.43. The fourth-order valence-corrected chi connectivity index (χ4v) is 2.88. The van der Waals surface area contributed by atoms with Crippen molar-refractivity contribution in [3.05, 3.63) is 0 Å². The van der Waals surface area contributed by atoms with Crippen molar-refractivity contribution in [3.8, 4) is 0 Å². The molecule has 2 fully saturated rings. The topological polar surface area (TPSA) is 58.6 Å². The van der Waals surface area contributed by atoms with Crippen LogP contribution in [0.2, 0.25) is 0 Å². The molecule has 0 heterocycles.